The van der Waals surface area contributed by atoms with Gasteiger partial charge in [0.25, 0.3) is 0 Å². The number of nitrogens with one attached hydrogen (secondary N) is 1. The van der Waals surface area contributed by atoms with E-state index >= 15 is 0 Å². The summed E-state index contributed by atoms with van der Waals surface area (Å²) in [6.45, 7) is 2.55. The predicted molar refractivity (Wildman–Crippen MR) is 86.8 cm³/mol. The van der Waals surface area contributed by atoms with E-state index in [1.165, 1.54) is 6.08 Å². The van der Waals surface area contributed by atoms with Gasteiger partial charge in [0.05, 0.1) is 0 Å². The van der Waals surface area contributed by atoms with Gasteiger partial charge in [-0.2, -0.15) is 0 Å². The Hall–Kier alpha value is -1.62. The highest BCUT2D eigenvalue weighted by atomic mass is 79.9. The lowest BCUT2D eigenvalue weighted by Crippen LogP contribution is -2.23. The van der Waals surface area contributed by atoms with Crippen molar-refractivity contribution in [3.63, 3.8) is 0 Å². The normalized spacial score (nSPS) is 12.3. The molecular formula is C16H20BrNO3. The Bertz CT molecular complexity index is 514. The summed E-state index contributed by atoms with van der Waals surface area (Å²) in [6, 6.07) is 7.68. The van der Waals surface area contributed by atoms with Crippen LogP contribution in [-0.2, 0) is 9.59 Å². The zero-order chi connectivity index (χ0) is 15.7. The lowest BCUT2D eigenvalue weighted by atomic mass is 10.0. The van der Waals surface area contributed by atoms with Crippen LogP contribution in [0.2, 0.25) is 0 Å². The fraction of sp³-hybridized carbons (Fsp3) is 0.375. The second kappa shape index (κ2) is 9.34. The van der Waals surface area contributed by atoms with Crippen molar-refractivity contribution in [3.05, 3.63) is 40.4 Å². The number of hydrogen-bond acceptors (Lipinski definition) is 2. The Balaban J connectivity index is 2.26. The second-order valence-corrected chi connectivity index (χ2v) is 5.92. The van der Waals surface area contributed by atoms with Crippen LogP contribution < -0.4 is 5.32 Å². The van der Waals surface area contributed by atoms with Gasteiger partial charge in [-0.3, -0.25) is 9.59 Å². The Morgan fingerprint density at radius 3 is 2.81 bits per heavy atom. The van der Waals surface area contributed by atoms with Gasteiger partial charge in [-0.1, -0.05) is 35.0 Å². The molecule has 0 aliphatic heterocycles. The van der Waals surface area contributed by atoms with Gasteiger partial charge in [-0.25, -0.2) is 0 Å². The average Bonchev–Trinajstić information content (AvgIpc) is 2.43. The summed E-state index contributed by atoms with van der Waals surface area (Å²) in [5, 5.41) is 11.4. The van der Waals surface area contributed by atoms with E-state index in [1.807, 2.05) is 31.2 Å². The summed E-state index contributed by atoms with van der Waals surface area (Å²) in [5.41, 5.74) is 0.953. The summed E-state index contributed by atoms with van der Waals surface area (Å²) in [4.78, 5) is 22.1. The van der Waals surface area contributed by atoms with Crippen LogP contribution in [0.4, 0.5) is 0 Å². The number of carbonyl (C=O) groups is 2. The van der Waals surface area contributed by atoms with Crippen molar-refractivity contribution in [1.82, 2.24) is 5.32 Å². The van der Waals surface area contributed by atoms with Gasteiger partial charge in [-0.05, 0) is 42.5 Å². The molecule has 1 aromatic carbocycles. The topological polar surface area (TPSA) is 66.4 Å². The number of benzene rings is 1. The molecule has 4 nitrogen and oxygen atoms in total. The Morgan fingerprint density at radius 1 is 1.38 bits per heavy atom. The van der Waals surface area contributed by atoms with Gasteiger partial charge in [0.2, 0.25) is 5.91 Å². The van der Waals surface area contributed by atoms with Crippen molar-refractivity contribution >= 4 is 33.9 Å². The molecule has 0 bridgehead atoms. The Kier molecular flexibility index (Phi) is 7.75. The number of aliphatic carboxylic acids is 1. The number of carbonyl (C=O) groups excluding carboxylic acids is 1. The smallest absolute Gasteiger partial charge is 0.303 e. The number of hydrogen-bond donors (Lipinski definition) is 2. The van der Waals surface area contributed by atoms with Crippen molar-refractivity contribution in [2.24, 2.45) is 5.92 Å². The van der Waals surface area contributed by atoms with Gasteiger partial charge >= 0.3 is 5.97 Å². The predicted octanol–water partition coefficient (Wildman–Crippen LogP) is 3.47. The number of carboxylic acids is 1. The maximum absolute atomic E-state index is 11.6. The molecule has 1 amide bonds. The molecule has 21 heavy (non-hydrogen) atoms. The summed E-state index contributed by atoms with van der Waals surface area (Å²) in [6.07, 6.45) is 4.86. The molecule has 0 heterocycles. The molecule has 1 rings (SSSR count). The molecule has 0 saturated heterocycles. The van der Waals surface area contributed by atoms with Crippen LogP contribution in [0.5, 0.6) is 0 Å². The highest BCUT2D eigenvalue weighted by molar-refractivity contribution is 9.10. The van der Waals surface area contributed by atoms with Gasteiger partial charge in [0.1, 0.15) is 0 Å². The monoisotopic (exact) mass is 353 g/mol. The van der Waals surface area contributed by atoms with E-state index in [0.717, 1.165) is 16.5 Å². The number of amides is 1. The fourth-order valence-corrected chi connectivity index (χ4v) is 2.21. The molecule has 1 unspecified atom stereocenters. The highest BCUT2D eigenvalue weighted by Gasteiger charge is 2.05. The van der Waals surface area contributed by atoms with Crippen LogP contribution in [0.15, 0.2) is 34.8 Å². The molecule has 114 valence electrons. The molecule has 0 aliphatic rings. The third-order valence-electron chi connectivity index (χ3n) is 3.06. The number of halogens is 1. The van der Waals surface area contributed by atoms with Gasteiger partial charge in [-0.15, -0.1) is 0 Å². The van der Waals surface area contributed by atoms with E-state index in [-0.39, 0.29) is 18.2 Å². The van der Waals surface area contributed by atoms with Gasteiger partial charge < -0.3 is 10.4 Å². The SMILES string of the molecule is CC(CCNC(=O)C=Cc1cccc(Br)c1)CCC(=O)O. The molecule has 1 atom stereocenters. The standard InChI is InChI=1S/C16H20BrNO3/c1-12(5-8-16(20)21)9-10-18-15(19)7-6-13-3-2-4-14(17)11-13/h2-4,6-7,11-12H,5,8-10H2,1H3,(H,18,19)(H,20,21). The van der Waals surface area contributed by atoms with Crippen LogP contribution >= 0.6 is 15.9 Å². The first kappa shape index (κ1) is 17.4. The molecule has 1 aromatic rings. The van der Waals surface area contributed by atoms with Crippen molar-refractivity contribution in [3.8, 4) is 0 Å². The molecule has 0 aromatic heterocycles. The lowest BCUT2D eigenvalue weighted by molar-refractivity contribution is -0.137. The van der Waals surface area contributed by atoms with Crippen LogP contribution in [0.1, 0.15) is 31.7 Å². The first-order valence-electron chi connectivity index (χ1n) is 6.90. The van der Waals surface area contributed by atoms with E-state index in [0.29, 0.717) is 13.0 Å². The van der Waals surface area contributed by atoms with Gasteiger partial charge in [0.15, 0.2) is 0 Å². The molecule has 0 fully saturated rings. The fourth-order valence-electron chi connectivity index (χ4n) is 1.80. The first-order valence-corrected chi connectivity index (χ1v) is 7.70. The largest absolute Gasteiger partial charge is 0.481 e. The Morgan fingerprint density at radius 2 is 2.14 bits per heavy atom. The summed E-state index contributed by atoms with van der Waals surface area (Å²) < 4.78 is 0.970. The minimum atomic E-state index is -0.775. The maximum atomic E-state index is 11.6. The molecule has 2 N–H and O–H groups in total. The van der Waals surface area contributed by atoms with Crippen LogP contribution in [0.25, 0.3) is 6.08 Å². The van der Waals surface area contributed by atoms with Crippen molar-refractivity contribution < 1.29 is 14.7 Å². The van der Waals surface area contributed by atoms with Crippen molar-refractivity contribution in [2.75, 3.05) is 6.54 Å². The lowest BCUT2D eigenvalue weighted by Gasteiger charge is -2.09. The van der Waals surface area contributed by atoms with E-state index < -0.39 is 5.97 Å². The second-order valence-electron chi connectivity index (χ2n) is 5.01. The summed E-state index contributed by atoms with van der Waals surface area (Å²) in [7, 11) is 0. The van der Waals surface area contributed by atoms with E-state index in [2.05, 4.69) is 21.2 Å². The molecule has 0 radical (unpaired) electrons. The average molecular weight is 354 g/mol. The minimum absolute atomic E-state index is 0.139. The molecule has 0 spiro atoms. The molecular weight excluding hydrogens is 334 g/mol. The first-order chi connectivity index (χ1) is 9.97. The molecule has 0 saturated carbocycles. The quantitative estimate of drug-likeness (QED) is 0.703. The van der Waals surface area contributed by atoms with Crippen molar-refractivity contribution in [1.29, 1.82) is 0 Å². The van der Waals surface area contributed by atoms with Crippen LogP contribution in [0.3, 0.4) is 0 Å². The number of carboxylic acid groups (broad SMARTS) is 1. The third kappa shape index (κ3) is 8.30. The summed E-state index contributed by atoms with van der Waals surface area (Å²) >= 11 is 3.38. The van der Waals surface area contributed by atoms with Crippen LogP contribution in [0, 0.1) is 5.92 Å². The minimum Gasteiger partial charge on any atom is -0.481 e. The van der Waals surface area contributed by atoms with E-state index in [4.69, 9.17) is 5.11 Å². The maximum Gasteiger partial charge on any atom is 0.303 e. The zero-order valence-electron chi connectivity index (χ0n) is 12.0. The number of rotatable bonds is 8. The van der Waals surface area contributed by atoms with Crippen molar-refractivity contribution in [2.45, 2.75) is 26.2 Å². The molecule has 0 aliphatic carbocycles. The molecule has 5 heteroatoms. The third-order valence-corrected chi connectivity index (χ3v) is 3.56. The highest BCUT2D eigenvalue weighted by Crippen LogP contribution is 2.12. The zero-order valence-corrected chi connectivity index (χ0v) is 13.6. The summed E-state index contributed by atoms with van der Waals surface area (Å²) in [5.74, 6) is -0.626. The van der Waals surface area contributed by atoms with E-state index in [9.17, 15) is 9.59 Å². The Labute approximate surface area is 133 Å². The van der Waals surface area contributed by atoms with Crippen LogP contribution in [-0.4, -0.2) is 23.5 Å². The van der Waals surface area contributed by atoms with E-state index in [1.54, 1.807) is 6.08 Å². The van der Waals surface area contributed by atoms with Gasteiger partial charge in [0, 0.05) is 23.5 Å².